The molecule has 3 rings (SSSR count). The Balaban J connectivity index is 2.03. The van der Waals surface area contributed by atoms with Crippen LogP contribution >= 0.6 is 15.9 Å². The number of amides is 4. The maximum atomic E-state index is 13.0. The van der Waals surface area contributed by atoms with Gasteiger partial charge in [0.1, 0.15) is 11.4 Å². The molecule has 2 aromatic carbocycles. The highest BCUT2D eigenvalue weighted by Gasteiger charge is 2.36. The molecule has 2 aromatic rings. The molecule has 5 nitrogen and oxygen atoms in total. The Kier molecular flexibility index (Phi) is 4.26. The summed E-state index contributed by atoms with van der Waals surface area (Å²) >= 11 is 3.33. The third-order valence-electron chi connectivity index (χ3n) is 3.39. The Morgan fingerprint density at radius 3 is 2.33 bits per heavy atom. The molecule has 0 aliphatic carbocycles. The summed E-state index contributed by atoms with van der Waals surface area (Å²) in [6, 6.07) is 11.0. The van der Waals surface area contributed by atoms with Crippen LogP contribution in [0.15, 0.2) is 58.6 Å². The Bertz CT molecular complexity index is 878. The molecular weight excluding hydrogens is 379 g/mol. The van der Waals surface area contributed by atoms with E-state index in [0.717, 1.165) is 17.0 Å². The lowest BCUT2D eigenvalue weighted by molar-refractivity contribution is -0.122. The molecule has 4 amide bonds. The van der Waals surface area contributed by atoms with Crippen molar-refractivity contribution in [3.8, 4) is 0 Å². The van der Waals surface area contributed by atoms with Gasteiger partial charge in [-0.15, -0.1) is 0 Å². The fourth-order valence-corrected chi connectivity index (χ4v) is 2.63. The number of rotatable bonds is 2. The molecule has 0 bridgehead atoms. The monoisotopic (exact) mass is 388 g/mol. The van der Waals surface area contributed by atoms with Crippen LogP contribution in [0.2, 0.25) is 0 Å². The fourth-order valence-electron chi connectivity index (χ4n) is 2.23. The smallest absolute Gasteiger partial charge is 0.273 e. The van der Waals surface area contributed by atoms with Crippen LogP contribution in [0.5, 0.6) is 0 Å². The van der Waals surface area contributed by atoms with Gasteiger partial charge in [0, 0.05) is 4.47 Å². The third kappa shape index (κ3) is 2.98. The molecule has 1 N–H and O–H groups in total. The van der Waals surface area contributed by atoms with E-state index in [2.05, 4.69) is 21.2 Å². The van der Waals surface area contributed by atoms with Crippen molar-refractivity contribution >= 4 is 45.5 Å². The van der Waals surface area contributed by atoms with Gasteiger partial charge in [-0.3, -0.25) is 14.9 Å². The summed E-state index contributed by atoms with van der Waals surface area (Å²) < 4.78 is 13.7. The van der Waals surface area contributed by atoms with E-state index in [1.807, 2.05) is 0 Å². The normalized spacial score (nSPS) is 16.5. The van der Waals surface area contributed by atoms with E-state index >= 15 is 0 Å². The van der Waals surface area contributed by atoms with Gasteiger partial charge in [-0.1, -0.05) is 34.1 Å². The minimum Gasteiger partial charge on any atom is -0.273 e. The zero-order chi connectivity index (χ0) is 17.3. The van der Waals surface area contributed by atoms with Crippen LogP contribution in [0.4, 0.5) is 14.9 Å². The summed E-state index contributed by atoms with van der Waals surface area (Å²) in [7, 11) is 0. The van der Waals surface area contributed by atoms with Crippen LogP contribution < -0.4 is 10.2 Å². The highest BCUT2D eigenvalue weighted by atomic mass is 79.9. The molecular formula is C17H10BrFN2O3. The van der Waals surface area contributed by atoms with Gasteiger partial charge in [-0.2, -0.15) is 0 Å². The van der Waals surface area contributed by atoms with Crippen molar-refractivity contribution in [2.45, 2.75) is 0 Å². The molecule has 120 valence electrons. The van der Waals surface area contributed by atoms with E-state index in [9.17, 15) is 18.8 Å². The Hall–Kier alpha value is -2.80. The Morgan fingerprint density at radius 2 is 1.67 bits per heavy atom. The minimum atomic E-state index is -0.874. The van der Waals surface area contributed by atoms with Gasteiger partial charge >= 0.3 is 6.03 Å². The van der Waals surface area contributed by atoms with Crippen molar-refractivity contribution < 1.29 is 18.8 Å². The summed E-state index contributed by atoms with van der Waals surface area (Å²) in [4.78, 5) is 37.5. The highest BCUT2D eigenvalue weighted by molar-refractivity contribution is 9.10. The second kappa shape index (κ2) is 6.37. The largest absolute Gasteiger partial charge is 0.335 e. The first-order chi connectivity index (χ1) is 11.5. The number of barbiturate groups is 1. The van der Waals surface area contributed by atoms with Crippen LogP contribution in [0, 0.1) is 5.82 Å². The molecule has 24 heavy (non-hydrogen) atoms. The van der Waals surface area contributed by atoms with Gasteiger partial charge in [-0.25, -0.2) is 14.1 Å². The number of nitrogens with one attached hydrogen (secondary N) is 1. The lowest BCUT2D eigenvalue weighted by atomic mass is 10.1. The van der Waals surface area contributed by atoms with E-state index in [4.69, 9.17) is 0 Å². The van der Waals surface area contributed by atoms with Gasteiger partial charge in [0.2, 0.25) is 0 Å². The van der Waals surface area contributed by atoms with Crippen molar-refractivity contribution in [3.63, 3.8) is 0 Å². The summed E-state index contributed by atoms with van der Waals surface area (Å²) in [5.74, 6) is -2.05. The zero-order valence-electron chi connectivity index (χ0n) is 12.1. The minimum absolute atomic E-state index is 0.171. The standard InChI is InChI=1S/C17H10BrFN2O3/c18-14-4-2-1-3-10(14)9-13-15(22)20-17(24)21(16(13)23)12-7-5-11(19)6-8-12/h1-9H,(H,20,22,24)/b13-9+. The lowest BCUT2D eigenvalue weighted by Gasteiger charge is -2.26. The average Bonchev–Trinajstić information content (AvgIpc) is 2.54. The molecule has 0 radical (unpaired) electrons. The van der Waals surface area contributed by atoms with Gasteiger partial charge < -0.3 is 0 Å². The van der Waals surface area contributed by atoms with E-state index in [-0.39, 0.29) is 11.3 Å². The van der Waals surface area contributed by atoms with Crippen LogP contribution in [-0.2, 0) is 9.59 Å². The summed E-state index contributed by atoms with van der Waals surface area (Å²) in [5, 5.41) is 2.11. The molecule has 1 saturated heterocycles. The zero-order valence-corrected chi connectivity index (χ0v) is 13.7. The highest BCUT2D eigenvalue weighted by Crippen LogP contribution is 2.24. The number of hydrogen-bond acceptors (Lipinski definition) is 3. The number of imide groups is 2. The van der Waals surface area contributed by atoms with Crippen LogP contribution in [-0.4, -0.2) is 17.8 Å². The number of hydrogen-bond donors (Lipinski definition) is 1. The van der Waals surface area contributed by atoms with Crippen molar-refractivity contribution in [2.24, 2.45) is 0 Å². The molecule has 1 fully saturated rings. The van der Waals surface area contributed by atoms with Crippen molar-refractivity contribution in [3.05, 3.63) is 70.0 Å². The first-order valence-corrected chi connectivity index (χ1v) is 7.68. The molecule has 0 atom stereocenters. The lowest BCUT2D eigenvalue weighted by Crippen LogP contribution is -2.54. The van der Waals surface area contributed by atoms with Crippen LogP contribution in [0.25, 0.3) is 6.08 Å². The number of urea groups is 1. The Morgan fingerprint density at radius 1 is 1.00 bits per heavy atom. The first kappa shape index (κ1) is 16.1. The maximum Gasteiger partial charge on any atom is 0.335 e. The maximum absolute atomic E-state index is 13.0. The molecule has 0 spiro atoms. The predicted octanol–water partition coefficient (Wildman–Crippen LogP) is 3.25. The van der Waals surface area contributed by atoms with E-state index in [1.54, 1.807) is 24.3 Å². The SMILES string of the molecule is O=C1NC(=O)N(c2ccc(F)cc2)C(=O)/C1=C/c1ccccc1Br. The first-order valence-electron chi connectivity index (χ1n) is 6.89. The number of nitrogens with zero attached hydrogens (tertiary/aromatic N) is 1. The second-order valence-corrected chi connectivity index (χ2v) is 5.81. The number of benzene rings is 2. The van der Waals surface area contributed by atoms with Crippen LogP contribution in [0.3, 0.4) is 0 Å². The number of anilines is 1. The van der Waals surface area contributed by atoms with Crippen molar-refractivity contribution in [1.29, 1.82) is 0 Å². The fraction of sp³-hybridized carbons (Fsp3) is 0. The number of carbonyl (C=O) groups excluding carboxylic acids is 3. The molecule has 7 heteroatoms. The molecule has 1 aliphatic heterocycles. The molecule has 1 aliphatic rings. The average molecular weight is 389 g/mol. The van der Waals surface area contributed by atoms with Crippen LogP contribution in [0.1, 0.15) is 5.56 Å². The summed E-state index contributed by atoms with van der Waals surface area (Å²) in [6.07, 6.45) is 1.39. The van der Waals surface area contributed by atoms with E-state index < -0.39 is 23.7 Å². The van der Waals surface area contributed by atoms with Gasteiger partial charge in [0.15, 0.2) is 0 Å². The third-order valence-corrected chi connectivity index (χ3v) is 4.11. The van der Waals surface area contributed by atoms with E-state index in [1.165, 1.54) is 18.2 Å². The molecule has 0 unspecified atom stereocenters. The quantitative estimate of drug-likeness (QED) is 0.634. The van der Waals surface area contributed by atoms with Gasteiger partial charge in [0.25, 0.3) is 11.8 Å². The molecule has 0 saturated carbocycles. The number of halogens is 2. The predicted molar refractivity (Wildman–Crippen MR) is 89.5 cm³/mol. The molecule has 0 aromatic heterocycles. The Labute approximate surface area is 144 Å². The summed E-state index contributed by atoms with van der Waals surface area (Å²) in [5.41, 5.74) is 0.597. The van der Waals surface area contributed by atoms with Crippen molar-refractivity contribution in [2.75, 3.05) is 4.90 Å². The molecule has 1 heterocycles. The van der Waals surface area contributed by atoms with Gasteiger partial charge in [0.05, 0.1) is 5.69 Å². The summed E-state index contributed by atoms with van der Waals surface area (Å²) in [6.45, 7) is 0. The topological polar surface area (TPSA) is 66.5 Å². The van der Waals surface area contributed by atoms with E-state index in [0.29, 0.717) is 10.0 Å². The van der Waals surface area contributed by atoms with Gasteiger partial charge in [-0.05, 0) is 42.0 Å². The van der Waals surface area contributed by atoms with Crippen molar-refractivity contribution in [1.82, 2.24) is 5.32 Å². The second-order valence-electron chi connectivity index (χ2n) is 4.96. The number of carbonyl (C=O) groups is 3.